The van der Waals surface area contributed by atoms with E-state index in [1.54, 1.807) is 20.8 Å². The zero-order chi connectivity index (χ0) is 17.0. The third kappa shape index (κ3) is 8.44. The average Bonchev–Trinajstić information content (AvgIpc) is 2.50. The maximum Gasteiger partial charge on any atom is 0.323 e. The molecule has 9 heteroatoms. The summed E-state index contributed by atoms with van der Waals surface area (Å²) in [5.41, 5.74) is 0. The van der Waals surface area contributed by atoms with Gasteiger partial charge in [0.25, 0.3) is 5.97 Å². The second-order valence-corrected chi connectivity index (χ2v) is 5.58. The smallest absolute Gasteiger partial charge is 0.323 e. The van der Waals surface area contributed by atoms with Crippen molar-refractivity contribution in [3.05, 3.63) is 0 Å². The fourth-order valence-electron chi connectivity index (χ4n) is 1.54. The molecule has 0 fully saturated rings. The molecule has 0 heterocycles. The summed E-state index contributed by atoms with van der Waals surface area (Å²) in [6, 6.07) is -0.744. The fourth-order valence-corrected chi connectivity index (χ4v) is 2.71. The number of hydrogen-bond donors (Lipinski definition) is 1. The SMILES string of the molecule is CCOC(=O)CC(NC[SiH2]OC(C)(OC)OC)C(=O)OCC. The van der Waals surface area contributed by atoms with Crippen LogP contribution in [0.1, 0.15) is 27.2 Å². The van der Waals surface area contributed by atoms with Crippen LogP contribution in [-0.2, 0) is 33.0 Å². The topological polar surface area (TPSA) is 92.3 Å². The molecule has 8 nitrogen and oxygen atoms in total. The van der Waals surface area contributed by atoms with E-state index < -0.39 is 33.7 Å². The lowest BCUT2D eigenvalue weighted by atomic mass is 10.2. The molecule has 0 spiro atoms. The lowest BCUT2D eigenvalue weighted by molar-refractivity contribution is -0.310. The van der Waals surface area contributed by atoms with Crippen LogP contribution in [0.5, 0.6) is 0 Å². The number of methoxy groups -OCH3 is 2. The highest BCUT2D eigenvalue weighted by Crippen LogP contribution is 2.10. The zero-order valence-electron chi connectivity index (χ0n) is 14.0. The van der Waals surface area contributed by atoms with Crippen molar-refractivity contribution in [2.24, 2.45) is 0 Å². The predicted octanol–water partition coefficient (Wildman–Crippen LogP) is -0.515. The van der Waals surface area contributed by atoms with Gasteiger partial charge < -0.3 is 28.7 Å². The highest BCUT2D eigenvalue weighted by atomic mass is 28.2. The van der Waals surface area contributed by atoms with Crippen molar-refractivity contribution in [3.8, 4) is 0 Å². The fraction of sp³-hybridized carbons (Fsp3) is 0.846. The molecular formula is C13H27NO7Si. The number of rotatable bonds is 12. The summed E-state index contributed by atoms with van der Waals surface area (Å²) in [5, 5.41) is 2.96. The van der Waals surface area contributed by atoms with Gasteiger partial charge in [0.2, 0.25) is 0 Å². The van der Waals surface area contributed by atoms with Gasteiger partial charge >= 0.3 is 11.9 Å². The third-order valence-corrected chi connectivity index (χ3v) is 4.07. The van der Waals surface area contributed by atoms with E-state index in [9.17, 15) is 9.59 Å². The highest BCUT2D eigenvalue weighted by molar-refractivity contribution is 6.27. The van der Waals surface area contributed by atoms with Crippen molar-refractivity contribution < 1.29 is 33.0 Å². The molecule has 22 heavy (non-hydrogen) atoms. The molecule has 130 valence electrons. The molecular weight excluding hydrogens is 310 g/mol. The summed E-state index contributed by atoms with van der Waals surface area (Å²) in [6.07, 6.45) is 0.373. The van der Waals surface area contributed by atoms with E-state index >= 15 is 0 Å². The lowest BCUT2D eigenvalue weighted by Crippen LogP contribution is -2.44. The Morgan fingerprint density at radius 3 is 2.23 bits per heavy atom. The van der Waals surface area contributed by atoms with Crippen LogP contribution in [0.4, 0.5) is 0 Å². The van der Waals surface area contributed by atoms with Gasteiger partial charge in [0.05, 0.1) is 19.6 Å². The van der Waals surface area contributed by atoms with Crippen molar-refractivity contribution in [3.63, 3.8) is 0 Å². The Morgan fingerprint density at radius 1 is 1.14 bits per heavy atom. The Morgan fingerprint density at radius 2 is 1.73 bits per heavy atom. The van der Waals surface area contributed by atoms with Gasteiger partial charge in [-0.3, -0.25) is 9.59 Å². The summed E-state index contributed by atoms with van der Waals surface area (Å²) in [6.45, 7) is 5.59. The van der Waals surface area contributed by atoms with Crippen molar-refractivity contribution in [2.75, 3.05) is 33.6 Å². The van der Waals surface area contributed by atoms with Crippen LogP contribution in [-0.4, -0.2) is 67.3 Å². The van der Waals surface area contributed by atoms with E-state index in [1.165, 1.54) is 14.2 Å². The van der Waals surface area contributed by atoms with Crippen LogP contribution in [0.3, 0.4) is 0 Å². The van der Waals surface area contributed by atoms with Crippen LogP contribution in [0.25, 0.3) is 0 Å². The Labute approximate surface area is 133 Å². The molecule has 0 aromatic carbocycles. The van der Waals surface area contributed by atoms with Crippen LogP contribution in [0.2, 0.25) is 0 Å². The first kappa shape index (κ1) is 21.0. The Hall–Kier alpha value is -1.00. The average molecular weight is 337 g/mol. The molecule has 0 aromatic rings. The van der Waals surface area contributed by atoms with Crippen molar-refractivity contribution in [1.29, 1.82) is 0 Å². The molecule has 0 aliphatic carbocycles. The van der Waals surface area contributed by atoms with Crippen molar-refractivity contribution in [2.45, 2.75) is 39.2 Å². The lowest BCUT2D eigenvalue weighted by Gasteiger charge is -2.27. The molecule has 0 rings (SSSR count). The van der Waals surface area contributed by atoms with Gasteiger partial charge in [-0.25, -0.2) is 0 Å². The molecule has 0 bridgehead atoms. The van der Waals surface area contributed by atoms with E-state index in [4.69, 9.17) is 23.4 Å². The first-order valence-electron chi connectivity index (χ1n) is 7.22. The summed E-state index contributed by atoms with van der Waals surface area (Å²) in [4.78, 5) is 23.3. The van der Waals surface area contributed by atoms with Crippen molar-refractivity contribution >= 4 is 21.7 Å². The van der Waals surface area contributed by atoms with E-state index in [0.29, 0.717) is 6.17 Å². The van der Waals surface area contributed by atoms with Crippen molar-refractivity contribution in [1.82, 2.24) is 5.32 Å². The Kier molecular flexibility index (Phi) is 11.0. The minimum absolute atomic E-state index is 0.0765. The first-order chi connectivity index (χ1) is 10.4. The third-order valence-electron chi connectivity index (χ3n) is 2.85. The normalized spacial score (nSPS) is 13.3. The van der Waals surface area contributed by atoms with Crippen LogP contribution >= 0.6 is 0 Å². The molecule has 0 aromatic heterocycles. The number of carbonyl (C=O) groups excluding carboxylic acids is 2. The Bertz CT molecular complexity index is 336. The molecule has 1 unspecified atom stereocenters. The number of nitrogens with one attached hydrogen (secondary N) is 1. The number of hydrogen-bond acceptors (Lipinski definition) is 8. The van der Waals surface area contributed by atoms with Crippen LogP contribution < -0.4 is 5.32 Å². The zero-order valence-corrected chi connectivity index (χ0v) is 15.4. The highest BCUT2D eigenvalue weighted by Gasteiger charge is 2.25. The molecule has 0 radical (unpaired) electrons. The molecule has 0 aliphatic heterocycles. The summed E-state index contributed by atoms with van der Waals surface area (Å²) in [5.74, 6) is -2.02. The molecule has 1 N–H and O–H groups in total. The van der Waals surface area contributed by atoms with Gasteiger partial charge in [-0.15, -0.1) is 0 Å². The molecule has 0 saturated carbocycles. The van der Waals surface area contributed by atoms with Gasteiger partial charge in [0, 0.05) is 27.3 Å². The monoisotopic (exact) mass is 337 g/mol. The summed E-state index contributed by atoms with van der Waals surface area (Å²) in [7, 11) is 1.89. The summed E-state index contributed by atoms with van der Waals surface area (Å²) < 4.78 is 25.5. The largest absolute Gasteiger partial charge is 0.466 e. The standard InChI is InChI=1S/C13H27NO7Si/c1-6-19-11(15)8-10(12(16)20-7-2)14-9-22-21-13(3,17-4)18-5/h10,14H,6-9,22H2,1-5H3. The predicted molar refractivity (Wildman–Crippen MR) is 81.7 cm³/mol. The second kappa shape index (κ2) is 11.5. The van der Waals surface area contributed by atoms with Gasteiger partial charge in [0.1, 0.15) is 6.04 Å². The van der Waals surface area contributed by atoms with Crippen LogP contribution in [0.15, 0.2) is 0 Å². The maximum absolute atomic E-state index is 11.8. The summed E-state index contributed by atoms with van der Waals surface area (Å²) >= 11 is 0. The second-order valence-electron chi connectivity index (χ2n) is 4.39. The Balaban J connectivity index is 4.34. The van der Waals surface area contributed by atoms with Gasteiger partial charge in [-0.05, 0) is 13.8 Å². The molecule has 0 amide bonds. The number of esters is 2. The van der Waals surface area contributed by atoms with Crippen LogP contribution in [0, 0.1) is 0 Å². The molecule has 0 aliphatic rings. The minimum Gasteiger partial charge on any atom is -0.466 e. The number of carbonyl (C=O) groups is 2. The van der Waals surface area contributed by atoms with E-state index in [1.807, 2.05) is 0 Å². The van der Waals surface area contributed by atoms with Gasteiger partial charge in [-0.2, -0.15) is 0 Å². The van der Waals surface area contributed by atoms with Gasteiger partial charge in [0.15, 0.2) is 9.76 Å². The van der Waals surface area contributed by atoms with E-state index in [-0.39, 0.29) is 19.6 Å². The molecule has 0 saturated heterocycles. The van der Waals surface area contributed by atoms with Gasteiger partial charge in [-0.1, -0.05) is 0 Å². The molecule has 1 atom stereocenters. The number of ether oxygens (including phenoxy) is 4. The first-order valence-corrected chi connectivity index (χ1v) is 8.80. The van der Waals surface area contributed by atoms with E-state index in [2.05, 4.69) is 5.32 Å². The minimum atomic E-state index is -1.09. The maximum atomic E-state index is 11.8. The quantitative estimate of drug-likeness (QED) is 0.220. The van der Waals surface area contributed by atoms with E-state index in [0.717, 1.165) is 0 Å².